The number of allylic oxidation sites excluding steroid dienone is 4. The fraction of sp³-hybridized carbons (Fsp3) is 0.833. The van der Waals surface area contributed by atoms with E-state index in [9.17, 15) is 9.59 Å². The molecule has 0 N–H and O–H groups in total. The summed E-state index contributed by atoms with van der Waals surface area (Å²) in [4.78, 5) is 23.8. The van der Waals surface area contributed by atoms with Crippen molar-refractivity contribution in [2.24, 2.45) is 0 Å². The van der Waals surface area contributed by atoms with Crippen molar-refractivity contribution < 1.29 is 14.3 Å². The van der Waals surface area contributed by atoms with Crippen molar-refractivity contribution >= 4 is 11.9 Å². The van der Waals surface area contributed by atoms with E-state index in [-0.39, 0.29) is 11.9 Å². The molecule has 0 saturated carbocycles. The quantitative estimate of drug-likeness (QED) is 0.0389. The Hall–Kier alpha value is -1.38. The molecule has 0 aromatic rings. The number of carbonyl (C=O) groups excluding carboxylic acids is 2. The lowest BCUT2D eigenvalue weighted by atomic mass is 10.0. The molecule has 0 aliphatic rings. The fourth-order valence-electron chi connectivity index (χ4n) is 4.95. The maximum atomic E-state index is 11.9. The van der Waals surface area contributed by atoms with Crippen LogP contribution in [-0.4, -0.2) is 11.9 Å². The molecule has 3 nitrogen and oxygen atoms in total. The van der Waals surface area contributed by atoms with Crippen LogP contribution in [0, 0.1) is 0 Å². The van der Waals surface area contributed by atoms with Crippen molar-refractivity contribution in [1.29, 1.82) is 0 Å². The average molecular weight is 547 g/mol. The van der Waals surface area contributed by atoms with E-state index in [2.05, 4.69) is 38.2 Å². The molecule has 0 saturated heterocycles. The molecule has 0 aromatic heterocycles. The second-order valence-corrected chi connectivity index (χ2v) is 11.5. The Morgan fingerprint density at radius 1 is 0.410 bits per heavy atom. The molecule has 0 aromatic carbocycles. The number of esters is 2. The summed E-state index contributed by atoms with van der Waals surface area (Å²) in [5.41, 5.74) is 0. The third-order valence-corrected chi connectivity index (χ3v) is 7.54. The van der Waals surface area contributed by atoms with Gasteiger partial charge in [0.15, 0.2) is 0 Å². The molecule has 3 heteroatoms. The monoisotopic (exact) mass is 547 g/mol. The molecule has 0 aliphatic heterocycles. The van der Waals surface area contributed by atoms with Gasteiger partial charge in [0, 0.05) is 12.8 Å². The number of carbonyl (C=O) groups is 2. The van der Waals surface area contributed by atoms with E-state index < -0.39 is 0 Å². The van der Waals surface area contributed by atoms with Crippen LogP contribution in [0.4, 0.5) is 0 Å². The van der Waals surface area contributed by atoms with E-state index in [0.717, 1.165) is 44.9 Å². The third kappa shape index (κ3) is 32.7. The second-order valence-electron chi connectivity index (χ2n) is 11.5. The highest BCUT2D eigenvalue weighted by Crippen LogP contribution is 2.14. The van der Waals surface area contributed by atoms with Gasteiger partial charge in [0.1, 0.15) is 0 Å². The highest BCUT2D eigenvalue weighted by atomic mass is 16.6. The summed E-state index contributed by atoms with van der Waals surface area (Å²) in [5, 5.41) is 0. The minimum Gasteiger partial charge on any atom is -0.393 e. The molecule has 0 radical (unpaired) electrons. The Balaban J connectivity index is 3.35. The van der Waals surface area contributed by atoms with Crippen LogP contribution in [0.3, 0.4) is 0 Å². The Morgan fingerprint density at radius 3 is 1.13 bits per heavy atom. The Labute approximate surface area is 244 Å². The first kappa shape index (κ1) is 37.6. The van der Waals surface area contributed by atoms with Gasteiger partial charge in [0.05, 0.1) is 0 Å². The number of unbranched alkanes of at least 4 members (excludes halogenated alkanes) is 22. The minimum atomic E-state index is -0.341. The predicted molar refractivity (Wildman–Crippen MR) is 170 cm³/mol. The number of hydrogen-bond donors (Lipinski definition) is 0. The molecule has 0 rings (SSSR count). The van der Waals surface area contributed by atoms with Gasteiger partial charge in [0.25, 0.3) is 0 Å². The van der Waals surface area contributed by atoms with Gasteiger partial charge in [-0.1, -0.05) is 160 Å². The molecule has 0 atom stereocenters. The van der Waals surface area contributed by atoms with Crippen molar-refractivity contribution in [3.63, 3.8) is 0 Å². The molecular weight excluding hydrogens is 480 g/mol. The summed E-state index contributed by atoms with van der Waals surface area (Å²) in [6.45, 7) is 4.52. The normalized spacial score (nSPS) is 11.6. The Kier molecular flexibility index (Phi) is 31.7. The summed E-state index contributed by atoms with van der Waals surface area (Å²) >= 11 is 0. The van der Waals surface area contributed by atoms with Gasteiger partial charge in [-0.25, -0.2) is 0 Å². The first-order chi connectivity index (χ1) is 19.2. The van der Waals surface area contributed by atoms with Gasteiger partial charge in [0.2, 0.25) is 0 Å². The standard InChI is InChI=1S/C36H66O3/c1-3-5-7-9-11-13-15-17-19-21-23-25-27-29-31-33-35(37)39-36(38)34-32-30-28-26-24-22-20-18-16-14-12-10-8-6-4-2/h11,13,17,19H,3-10,12,14-16,18,20-34H2,1-2H3/b13-11-,19-17-. The Morgan fingerprint density at radius 2 is 0.718 bits per heavy atom. The highest BCUT2D eigenvalue weighted by Gasteiger charge is 2.09. The van der Waals surface area contributed by atoms with Crippen LogP contribution < -0.4 is 0 Å². The number of hydrogen-bond acceptors (Lipinski definition) is 3. The van der Waals surface area contributed by atoms with Gasteiger partial charge in [-0.05, 0) is 44.9 Å². The summed E-state index contributed by atoms with van der Waals surface area (Å²) in [7, 11) is 0. The van der Waals surface area contributed by atoms with Gasteiger partial charge in [-0.3, -0.25) is 9.59 Å². The lowest BCUT2D eigenvalue weighted by Gasteiger charge is -2.04. The summed E-state index contributed by atoms with van der Waals surface area (Å²) in [6.07, 6.45) is 42.2. The maximum Gasteiger partial charge on any atom is 0.313 e. The zero-order valence-corrected chi connectivity index (χ0v) is 26.3. The largest absolute Gasteiger partial charge is 0.393 e. The van der Waals surface area contributed by atoms with Crippen LogP contribution in [0.5, 0.6) is 0 Å². The van der Waals surface area contributed by atoms with E-state index >= 15 is 0 Å². The molecule has 0 heterocycles. The Bertz CT molecular complexity index is 578. The highest BCUT2D eigenvalue weighted by molar-refractivity contribution is 5.85. The van der Waals surface area contributed by atoms with Crippen molar-refractivity contribution in [3.8, 4) is 0 Å². The van der Waals surface area contributed by atoms with Gasteiger partial charge >= 0.3 is 11.9 Å². The third-order valence-electron chi connectivity index (χ3n) is 7.54. The van der Waals surface area contributed by atoms with Crippen LogP contribution in [-0.2, 0) is 14.3 Å². The zero-order chi connectivity index (χ0) is 28.5. The van der Waals surface area contributed by atoms with Crippen molar-refractivity contribution in [3.05, 3.63) is 24.3 Å². The lowest BCUT2D eigenvalue weighted by Crippen LogP contribution is -2.11. The van der Waals surface area contributed by atoms with E-state index in [1.807, 2.05) is 0 Å². The lowest BCUT2D eigenvalue weighted by molar-refractivity contribution is -0.159. The molecule has 0 spiro atoms. The van der Waals surface area contributed by atoms with Crippen LogP contribution in [0.1, 0.15) is 194 Å². The molecule has 0 bridgehead atoms. The van der Waals surface area contributed by atoms with Crippen molar-refractivity contribution in [2.75, 3.05) is 0 Å². The zero-order valence-electron chi connectivity index (χ0n) is 26.3. The van der Waals surface area contributed by atoms with E-state index in [4.69, 9.17) is 4.74 Å². The molecule has 0 fully saturated rings. The van der Waals surface area contributed by atoms with Crippen LogP contribution in [0.2, 0.25) is 0 Å². The average Bonchev–Trinajstić information content (AvgIpc) is 2.93. The summed E-state index contributed by atoms with van der Waals surface area (Å²) in [5.74, 6) is -0.677. The first-order valence-electron chi connectivity index (χ1n) is 17.2. The molecule has 0 aliphatic carbocycles. The van der Waals surface area contributed by atoms with Gasteiger partial charge < -0.3 is 4.74 Å². The first-order valence-corrected chi connectivity index (χ1v) is 17.2. The van der Waals surface area contributed by atoms with E-state index in [0.29, 0.717) is 12.8 Å². The van der Waals surface area contributed by atoms with Crippen molar-refractivity contribution in [1.82, 2.24) is 0 Å². The fourth-order valence-corrected chi connectivity index (χ4v) is 4.95. The van der Waals surface area contributed by atoms with Crippen LogP contribution in [0.15, 0.2) is 24.3 Å². The number of ether oxygens (including phenoxy) is 1. The molecule has 228 valence electrons. The van der Waals surface area contributed by atoms with E-state index in [1.54, 1.807) is 0 Å². The van der Waals surface area contributed by atoms with Gasteiger partial charge in [-0.15, -0.1) is 0 Å². The van der Waals surface area contributed by atoms with E-state index in [1.165, 1.54) is 122 Å². The SMILES string of the molecule is CCCCC/C=C\C/C=C\CCCCCCCC(=O)OC(=O)CCCCCCCCCCCCCCCCC. The van der Waals surface area contributed by atoms with Gasteiger partial charge in [-0.2, -0.15) is 0 Å². The van der Waals surface area contributed by atoms with Crippen LogP contribution >= 0.6 is 0 Å². The predicted octanol–water partition coefficient (Wildman–Crippen LogP) is 12.1. The van der Waals surface area contributed by atoms with Crippen molar-refractivity contribution in [2.45, 2.75) is 194 Å². The molecule has 0 amide bonds. The van der Waals surface area contributed by atoms with Crippen LogP contribution in [0.25, 0.3) is 0 Å². The maximum absolute atomic E-state index is 11.9. The second kappa shape index (κ2) is 32.8. The number of rotatable bonds is 30. The summed E-state index contributed by atoms with van der Waals surface area (Å²) < 4.78 is 5.00. The molecular formula is C36H66O3. The molecule has 0 unspecified atom stereocenters. The smallest absolute Gasteiger partial charge is 0.313 e. The topological polar surface area (TPSA) is 43.4 Å². The summed E-state index contributed by atoms with van der Waals surface area (Å²) in [6, 6.07) is 0. The molecule has 39 heavy (non-hydrogen) atoms. The minimum absolute atomic E-state index is 0.336.